The lowest BCUT2D eigenvalue weighted by Gasteiger charge is -2.09. The zero-order valence-electron chi connectivity index (χ0n) is 12.2. The summed E-state index contributed by atoms with van der Waals surface area (Å²) >= 11 is 0. The van der Waals surface area contributed by atoms with Crippen LogP contribution in [-0.4, -0.2) is 24.5 Å². The summed E-state index contributed by atoms with van der Waals surface area (Å²) in [5.41, 5.74) is 2.07. The van der Waals surface area contributed by atoms with Crippen molar-refractivity contribution < 1.29 is 12.8 Å². The molecule has 0 fully saturated rings. The molecule has 0 atom stereocenters. The highest BCUT2D eigenvalue weighted by Crippen LogP contribution is 2.20. The van der Waals surface area contributed by atoms with E-state index in [1.54, 1.807) is 4.68 Å². The molecule has 0 aliphatic heterocycles. The van der Waals surface area contributed by atoms with Gasteiger partial charge in [-0.15, -0.1) is 0 Å². The molecule has 0 aliphatic rings. The molecule has 5 nitrogen and oxygen atoms in total. The van der Waals surface area contributed by atoms with E-state index in [0.29, 0.717) is 6.54 Å². The third kappa shape index (κ3) is 3.60. The first-order valence-electron chi connectivity index (χ1n) is 6.56. The number of sulfone groups is 1. The standard InChI is InChI=1S/C14H18FN3O2S/c1-4-13-10(9-18(2)17-13)8-16-14-7-11(21(3,19)20)5-6-12(14)15/h5-7,9,16H,4,8H2,1-3H3. The molecule has 21 heavy (non-hydrogen) atoms. The Hall–Kier alpha value is -1.89. The van der Waals surface area contributed by atoms with Crippen LogP contribution in [-0.2, 0) is 29.9 Å². The molecule has 2 aromatic rings. The van der Waals surface area contributed by atoms with E-state index < -0.39 is 15.7 Å². The van der Waals surface area contributed by atoms with E-state index in [4.69, 9.17) is 0 Å². The molecule has 2 rings (SSSR count). The van der Waals surface area contributed by atoms with Crippen LogP contribution in [0.3, 0.4) is 0 Å². The normalized spacial score (nSPS) is 11.6. The zero-order chi connectivity index (χ0) is 15.6. The highest BCUT2D eigenvalue weighted by Gasteiger charge is 2.12. The summed E-state index contributed by atoms with van der Waals surface area (Å²) in [6.07, 6.45) is 3.74. The van der Waals surface area contributed by atoms with E-state index in [1.165, 1.54) is 12.1 Å². The van der Waals surface area contributed by atoms with Gasteiger partial charge in [0.05, 0.1) is 16.3 Å². The number of benzene rings is 1. The molecule has 114 valence electrons. The van der Waals surface area contributed by atoms with Crippen molar-refractivity contribution in [3.8, 4) is 0 Å². The van der Waals surface area contributed by atoms with Crippen LogP contribution < -0.4 is 5.32 Å². The Kier molecular flexibility index (Phi) is 4.32. The number of hydrogen-bond acceptors (Lipinski definition) is 4. The Bertz CT molecular complexity index is 754. The fourth-order valence-electron chi connectivity index (χ4n) is 2.09. The maximum Gasteiger partial charge on any atom is 0.175 e. The van der Waals surface area contributed by atoms with Gasteiger partial charge in [-0.3, -0.25) is 4.68 Å². The minimum absolute atomic E-state index is 0.0910. The van der Waals surface area contributed by atoms with Gasteiger partial charge >= 0.3 is 0 Å². The average molecular weight is 311 g/mol. The summed E-state index contributed by atoms with van der Waals surface area (Å²) in [6, 6.07) is 3.73. The Morgan fingerprint density at radius 1 is 1.38 bits per heavy atom. The second kappa shape index (κ2) is 5.85. The maximum absolute atomic E-state index is 13.8. The second-order valence-electron chi connectivity index (χ2n) is 4.90. The average Bonchev–Trinajstić information content (AvgIpc) is 2.76. The summed E-state index contributed by atoms with van der Waals surface area (Å²) in [6.45, 7) is 2.39. The zero-order valence-corrected chi connectivity index (χ0v) is 13.0. The van der Waals surface area contributed by atoms with Gasteiger partial charge in [0, 0.05) is 31.6 Å². The molecule has 1 aromatic carbocycles. The van der Waals surface area contributed by atoms with Crippen LogP contribution in [0.25, 0.3) is 0 Å². The van der Waals surface area contributed by atoms with Gasteiger partial charge in [-0.2, -0.15) is 5.10 Å². The fraction of sp³-hybridized carbons (Fsp3) is 0.357. The first-order valence-corrected chi connectivity index (χ1v) is 8.45. The van der Waals surface area contributed by atoms with Crippen molar-refractivity contribution in [2.24, 2.45) is 7.05 Å². The lowest BCUT2D eigenvalue weighted by atomic mass is 10.2. The van der Waals surface area contributed by atoms with Crippen molar-refractivity contribution in [3.63, 3.8) is 0 Å². The third-order valence-corrected chi connectivity index (χ3v) is 4.27. The summed E-state index contributed by atoms with van der Waals surface area (Å²) in [4.78, 5) is 0.0910. The van der Waals surface area contributed by atoms with Crippen LogP contribution in [0.5, 0.6) is 0 Å². The van der Waals surface area contributed by atoms with E-state index in [0.717, 1.165) is 30.0 Å². The number of hydrogen-bond donors (Lipinski definition) is 1. The lowest BCUT2D eigenvalue weighted by molar-refractivity contribution is 0.600. The Morgan fingerprint density at radius 2 is 2.10 bits per heavy atom. The molecule has 7 heteroatoms. The number of rotatable bonds is 5. The van der Waals surface area contributed by atoms with Crippen molar-refractivity contribution in [2.45, 2.75) is 24.8 Å². The van der Waals surface area contributed by atoms with Crippen LogP contribution in [0, 0.1) is 5.82 Å². The van der Waals surface area contributed by atoms with Gasteiger partial charge in [0.1, 0.15) is 5.82 Å². The molecule has 0 saturated heterocycles. The Balaban J connectivity index is 2.23. The molecule has 0 amide bonds. The van der Waals surface area contributed by atoms with E-state index >= 15 is 0 Å². The molecule has 0 radical (unpaired) electrons. The van der Waals surface area contributed by atoms with Crippen molar-refractivity contribution >= 4 is 15.5 Å². The van der Waals surface area contributed by atoms with Crippen molar-refractivity contribution in [2.75, 3.05) is 11.6 Å². The molecule has 0 bridgehead atoms. The first kappa shape index (κ1) is 15.5. The topological polar surface area (TPSA) is 64.0 Å². The highest BCUT2D eigenvalue weighted by molar-refractivity contribution is 7.90. The van der Waals surface area contributed by atoms with Crippen LogP contribution in [0.15, 0.2) is 29.3 Å². The smallest absolute Gasteiger partial charge is 0.175 e. The minimum Gasteiger partial charge on any atom is -0.378 e. The number of aromatic nitrogens is 2. The van der Waals surface area contributed by atoms with Crippen molar-refractivity contribution in [1.82, 2.24) is 9.78 Å². The molecular formula is C14H18FN3O2S. The van der Waals surface area contributed by atoms with Gasteiger partial charge in [-0.1, -0.05) is 6.92 Å². The van der Waals surface area contributed by atoms with Crippen LogP contribution in [0.4, 0.5) is 10.1 Å². The third-order valence-electron chi connectivity index (χ3n) is 3.16. The van der Waals surface area contributed by atoms with E-state index in [2.05, 4.69) is 10.4 Å². The molecule has 1 aromatic heterocycles. The monoisotopic (exact) mass is 311 g/mol. The van der Waals surface area contributed by atoms with Gasteiger partial charge in [0.2, 0.25) is 0 Å². The predicted molar refractivity (Wildman–Crippen MR) is 79.4 cm³/mol. The molecule has 0 aliphatic carbocycles. The van der Waals surface area contributed by atoms with E-state index in [1.807, 2.05) is 20.2 Å². The van der Waals surface area contributed by atoms with Crippen LogP contribution >= 0.6 is 0 Å². The van der Waals surface area contributed by atoms with Crippen molar-refractivity contribution in [3.05, 3.63) is 41.5 Å². The molecule has 1 heterocycles. The fourth-order valence-corrected chi connectivity index (χ4v) is 2.74. The summed E-state index contributed by atoms with van der Waals surface area (Å²) in [7, 11) is -1.53. The largest absolute Gasteiger partial charge is 0.378 e. The molecular weight excluding hydrogens is 293 g/mol. The summed E-state index contributed by atoms with van der Waals surface area (Å²) in [5, 5.41) is 7.24. The number of halogens is 1. The number of nitrogens with one attached hydrogen (secondary N) is 1. The maximum atomic E-state index is 13.8. The first-order chi connectivity index (χ1) is 9.81. The summed E-state index contributed by atoms with van der Waals surface area (Å²) < 4.78 is 38.5. The van der Waals surface area contributed by atoms with Gasteiger partial charge in [0.25, 0.3) is 0 Å². The molecule has 0 saturated carbocycles. The van der Waals surface area contributed by atoms with Gasteiger partial charge < -0.3 is 5.32 Å². The van der Waals surface area contributed by atoms with E-state index in [9.17, 15) is 12.8 Å². The quantitative estimate of drug-likeness (QED) is 0.859. The molecule has 0 unspecified atom stereocenters. The predicted octanol–water partition coefficient (Wildman–Crippen LogP) is 2.14. The molecule has 0 spiro atoms. The molecule has 1 N–H and O–H groups in total. The minimum atomic E-state index is -3.36. The van der Waals surface area contributed by atoms with Gasteiger partial charge in [0.15, 0.2) is 9.84 Å². The summed E-state index contributed by atoms with van der Waals surface area (Å²) in [5.74, 6) is -0.482. The van der Waals surface area contributed by atoms with E-state index in [-0.39, 0.29) is 10.6 Å². The Labute approximate surface area is 123 Å². The van der Waals surface area contributed by atoms with Crippen LogP contribution in [0.2, 0.25) is 0 Å². The highest BCUT2D eigenvalue weighted by atomic mass is 32.2. The number of aryl methyl sites for hydroxylation is 2. The van der Waals surface area contributed by atoms with Gasteiger partial charge in [-0.05, 0) is 24.6 Å². The lowest BCUT2D eigenvalue weighted by Crippen LogP contribution is -2.05. The van der Waals surface area contributed by atoms with Crippen molar-refractivity contribution in [1.29, 1.82) is 0 Å². The van der Waals surface area contributed by atoms with Gasteiger partial charge in [-0.25, -0.2) is 12.8 Å². The Morgan fingerprint density at radius 3 is 2.71 bits per heavy atom. The number of anilines is 1. The second-order valence-corrected chi connectivity index (χ2v) is 6.91. The van der Waals surface area contributed by atoms with Crippen LogP contribution in [0.1, 0.15) is 18.2 Å². The SMILES string of the molecule is CCc1nn(C)cc1CNc1cc(S(C)(=O)=O)ccc1F. The number of nitrogens with zero attached hydrogens (tertiary/aromatic N) is 2.